The molecular formula is C6H12O3. The number of aliphatic carboxylic acids is 1. The van der Waals surface area contributed by atoms with Crippen molar-refractivity contribution in [2.24, 2.45) is 0 Å². The van der Waals surface area contributed by atoms with Crippen molar-refractivity contribution in [3.8, 4) is 0 Å². The van der Waals surface area contributed by atoms with E-state index in [1.807, 2.05) is 0 Å². The molecule has 9 heavy (non-hydrogen) atoms. The number of carboxylic acid groups (broad SMARTS) is 1. The van der Waals surface area contributed by atoms with Gasteiger partial charge < -0.3 is 10.2 Å². The van der Waals surface area contributed by atoms with E-state index < -0.39 is 5.97 Å². The van der Waals surface area contributed by atoms with E-state index in [-0.39, 0.29) is 12.5 Å². The molecule has 1 atom stereocenters. The van der Waals surface area contributed by atoms with Crippen LogP contribution in [0.2, 0.25) is 0 Å². The molecule has 0 aliphatic carbocycles. The minimum absolute atomic E-state index is 0.158. The highest BCUT2D eigenvalue weighted by atomic mass is 16.4. The van der Waals surface area contributed by atoms with Crippen molar-refractivity contribution in [2.45, 2.75) is 32.3 Å². The van der Waals surface area contributed by atoms with Crippen molar-refractivity contribution in [2.75, 3.05) is 0 Å². The van der Waals surface area contributed by atoms with Crippen LogP contribution in [0.3, 0.4) is 0 Å². The van der Waals surface area contributed by atoms with Crippen molar-refractivity contribution in [1.82, 2.24) is 0 Å². The van der Waals surface area contributed by atoms with Crippen LogP contribution < -0.4 is 0 Å². The number of hydrogen-bond acceptors (Lipinski definition) is 2. The van der Waals surface area contributed by atoms with Crippen LogP contribution in [-0.4, -0.2) is 22.3 Å². The van der Waals surface area contributed by atoms with Crippen LogP contribution >= 0.6 is 0 Å². The molecule has 0 radical (unpaired) electrons. The third-order valence-electron chi connectivity index (χ3n) is 1.01. The van der Waals surface area contributed by atoms with Gasteiger partial charge in [-0.1, -0.05) is 0 Å². The molecule has 0 aromatic carbocycles. The first-order valence-electron chi connectivity index (χ1n) is 3.03. The lowest BCUT2D eigenvalue weighted by molar-refractivity contribution is -0.137. The lowest BCUT2D eigenvalue weighted by Crippen LogP contribution is -2.01. The molecule has 0 amide bonds. The van der Waals surface area contributed by atoms with Crippen LogP contribution in [-0.2, 0) is 4.79 Å². The molecule has 0 saturated heterocycles. The number of carboxylic acids is 1. The molecule has 0 aromatic heterocycles. The quantitative estimate of drug-likeness (QED) is 0.589. The summed E-state index contributed by atoms with van der Waals surface area (Å²) in [4.78, 5) is 9.90. The van der Waals surface area contributed by atoms with Gasteiger partial charge in [-0.3, -0.25) is 4.79 Å². The molecule has 0 aliphatic heterocycles. The second-order valence-electron chi connectivity index (χ2n) is 2.13. The summed E-state index contributed by atoms with van der Waals surface area (Å²) in [6, 6.07) is 0. The van der Waals surface area contributed by atoms with E-state index in [9.17, 15) is 4.79 Å². The average molecular weight is 132 g/mol. The van der Waals surface area contributed by atoms with Crippen molar-refractivity contribution in [3.05, 3.63) is 0 Å². The molecule has 0 fully saturated rings. The maximum atomic E-state index is 9.90. The van der Waals surface area contributed by atoms with E-state index >= 15 is 0 Å². The van der Waals surface area contributed by atoms with Gasteiger partial charge in [0, 0.05) is 6.42 Å². The van der Waals surface area contributed by atoms with E-state index in [1.54, 1.807) is 6.92 Å². The van der Waals surface area contributed by atoms with Gasteiger partial charge >= 0.3 is 5.97 Å². The van der Waals surface area contributed by atoms with E-state index in [2.05, 4.69) is 0 Å². The van der Waals surface area contributed by atoms with Gasteiger partial charge in [-0.05, 0) is 19.8 Å². The normalized spacial score (nSPS) is 13.1. The molecule has 54 valence electrons. The Hall–Kier alpha value is -0.570. The Balaban J connectivity index is 3.01. The van der Waals surface area contributed by atoms with Crippen LogP contribution in [0.25, 0.3) is 0 Å². The minimum Gasteiger partial charge on any atom is -0.481 e. The average Bonchev–Trinajstić information content (AvgIpc) is 1.63. The molecular weight excluding hydrogens is 120 g/mol. The molecule has 2 N–H and O–H groups in total. The molecule has 0 saturated carbocycles. The number of rotatable bonds is 4. The van der Waals surface area contributed by atoms with Crippen LogP contribution in [0.1, 0.15) is 26.2 Å². The Morgan fingerprint density at radius 2 is 2.22 bits per heavy atom. The van der Waals surface area contributed by atoms with Crippen LogP contribution in [0.5, 0.6) is 0 Å². The topological polar surface area (TPSA) is 57.5 Å². The maximum absolute atomic E-state index is 9.90. The van der Waals surface area contributed by atoms with E-state index in [4.69, 9.17) is 10.2 Å². The lowest BCUT2D eigenvalue weighted by Gasteiger charge is -1.99. The summed E-state index contributed by atoms with van der Waals surface area (Å²) in [6.07, 6.45) is 0.925. The first-order chi connectivity index (χ1) is 4.13. The first-order valence-corrected chi connectivity index (χ1v) is 3.03. The van der Waals surface area contributed by atoms with Crippen molar-refractivity contribution >= 4 is 5.97 Å². The zero-order valence-corrected chi connectivity index (χ0v) is 5.50. The Morgan fingerprint density at radius 3 is 2.56 bits per heavy atom. The Kier molecular flexibility index (Phi) is 4.05. The lowest BCUT2D eigenvalue weighted by atomic mass is 10.2. The summed E-state index contributed by atoms with van der Waals surface area (Å²) in [5.41, 5.74) is 0. The van der Waals surface area contributed by atoms with E-state index in [1.165, 1.54) is 0 Å². The predicted octanol–water partition coefficient (Wildman–Crippen LogP) is 0.622. The summed E-state index contributed by atoms with van der Waals surface area (Å²) in [7, 11) is 0. The zero-order chi connectivity index (χ0) is 7.28. The molecule has 0 rings (SSSR count). The summed E-state index contributed by atoms with van der Waals surface area (Å²) < 4.78 is 0. The van der Waals surface area contributed by atoms with Gasteiger partial charge in [-0.25, -0.2) is 0 Å². The predicted molar refractivity (Wildman–Crippen MR) is 33.2 cm³/mol. The summed E-state index contributed by atoms with van der Waals surface area (Å²) in [5, 5.41) is 16.8. The van der Waals surface area contributed by atoms with Crippen LogP contribution in [0.15, 0.2) is 0 Å². The maximum Gasteiger partial charge on any atom is 0.303 e. The highest BCUT2D eigenvalue weighted by Gasteiger charge is 1.98. The Morgan fingerprint density at radius 1 is 1.67 bits per heavy atom. The van der Waals surface area contributed by atoms with Gasteiger partial charge in [0.15, 0.2) is 0 Å². The molecule has 3 heteroatoms. The van der Waals surface area contributed by atoms with Crippen molar-refractivity contribution < 1.29 is 15.0 Å². The first kappa shape index (κ1) is 8.43. The highest BCUT2D eigenvalue weighted by molar-refractivity contribution is 5.66. The molecule has 3 nitrogen and oxygen atoms in total. The summed E-state index contributed by atoms with van der Waals surface area (Å²) >= 11 is 0. The number of carbonyl (C=O) groups is 1. The van der Waals surface area contributed by atoms with Gasteiger partial charge in [0.25, 0.3) is 0 Å². The Bertz CT molecular complexity index is 88.3. The largest absolute Gasteiger partial charge is 0.481 e. The summed E-state index contributed by atoms with van der Waals surface area (Å²) in [5.74, 6) is -0.796. The molecule has 0 heterocycles. The fraction of sp³-hybridized carbons (Fsp3) is 0.833. The monoisotopic (exact) mass is 132 g/mol. The van der Waals surface area contributed by atoms with Gasteiger partial charge in [-0.15, -0.1) is 0 Å². The molecule has 0 spiro atoms. The minimum atomic E-state index is -0.796. The highest BCUT2D eigenvalue weighted by Crippen LogP contribution is 1.98. The summed E-state index contributed by atoms with van der Waals surface area (Å²) in [6.45, 7) is 1.65. The molecule has 0 bridgehead atoms. The number of hydrogen-bond donors (Lipinski definition) is 2. The van der Waals surface area contributed by atoms with Gasteiger partial charge in [-0.2, -0.15) is 0 Å². The Labute approximate surface area is 54.3 Å². The standard InChI is InChI=1S/C6H12O3/c1-5(7)3-2-4-6(8)9/h5,7H,2-4H2,1H3,(H,8,9)/t5-/m1/s1. The second-order valence-corrected chi connectivity index (χ2v) is 2.13. The van der Waals surface area contributed by atoms with Crippen LogP contribution in [0.4, 0.5) is 0 Å². The van der Waals surface area contributed by atoms with Crippen LogP contribution in [0, 0.1) is 0 Å². The molecule has 0 aliphatic rings. The van der Waals surface area contributed by atoms with E-state index in [0.717, 1.165) is 0 Å². The molecule has 0 unspecified atom stereocenters. The van der Waals surface area contributed by atoms with Gasteiger partial charge in [0.1, 0.15) is 0 Å². The second kappa shape index (κ2) is 4.32. The zero-order valence-electron chi connectivity index (χ0n) is 5.50. The third-order valence-corrected chi connectivity index (χ3v) is 1.01. The van der Waals surface area contributed by atoms with Gasteiger partial charge in [0.2, 0.25) is 0 Å². The van der Waals surface area contributed by atoms with Crippen molar-refractivity contribution in [1.29, 1.82) is 0 Å². The smallest absolute Gasteiger partial charge is 0.303 e. The third kappa shape index (κ3) is 7.43. The molecule has 0 aromatic rings. The fourth-order valence-electron chi connectivity index (χ4n) is 0.549. The van der Waals surface area contributed by atoms with Gasteiger partial charge in [0.05, 0.1) is 6.10 Å². The number of aliphatic hydroxyl groups is 1. The fourth-order valence-corrected chi connectivity index (χ4v) is 0.549. The number of aliphatic hydroxyl groups excluding tert-OH is 1. The van der Waals surface area contributed by atoms with E-state index in [0.29, 0.717) is 12.8 Å². The SMILES string of the molecule is C[C@@H](O)CCCC(=O)O. The van der Waals surface area contributed by atoms with Crippen molar-refractivity contribution in [3.63, 3.8) is 0 Å².